The van der Waals surface area contributed by atoms with Crippen molar-refractivity contribution in [3.8, 4) is 0 Å². The molecule has 1 aliphatic heterocycles. The molecule has 0 bridgehead atoms. The fraction of sp³-hybridized carbons (Fsp3) is 0.750. The summed E-state index contributed by atoms with van der Waals surface area (Å²) in [6.45, 7) is 5.34. The highest BCUT2D eigenvalue weighted by molar-refractivity contribution is 5.41. The lowest BCUT2D eigenvalue weighted by molar-refractivity contribution is 0.150. The summed E-state index contributed by atoms with van der Waals surface area (Å²) in [6, 6.07) is 2.39. The lowest BCUT2D eigenvalue weighted by Crippen LogP contribution is -2.33. The molecular formula is C12H22N4O. The highest BCUT2D eigenvalue weighted by Crippen LogP contribution is 2.19. The molecule has 5 heteroatoms. The first-order chi connectivity index (χ1) is 8.20. The number of aryl methyl sites for hydroxylation is 1. The molecule has 1 aliphatic rings. The molecule has 0 aromatic carbocycles. The smallest absolute Gasteiger partial charge is 0.126 e. The first kappa shape index (κ1) is 12.4. The molecular weight excluding hydrogens is 216 g/mol. The van der Waals surface area contributed by atoms with Gasteiger partial charge in [0, 0.05) is 45.3 Å². The zero-order valence-electron chi connectivity index (χ0n) is 10.7. The molecule has 0 spiro atoms. The van der Waals surface area contributed by atoms with Crippen molar-refractivity contribution in [3.05, 3.63) is 11.8 Å². The van der Waals surface area contributed by atoms with Gasteiger partial charge in [0.1, 0.15) is 5.82 Å². The SMILES string of the molecule is CCOCCc1cc2n(n1)CCC(N)CN2C. The fourth-order valence-corrected chi connectivity index (χ4v) is 2.20. The molecule has 0 amide bonds. The molecule has 17 heavy (non-hydrogen) atoms. The first-order valence-corrected chi connectivity index (χ1v) is 6.32. The Hall–Kier alpha value is -1.07. The summed E-state index contributed by atoms with van der Waals surface area (Å²) in [5.74, 6) is 1.17. The van der Waals surface area contributed by atoms with Crippen molar-refractivity contribution in [1.82, 2.24) is 9.78 Å². The summed E-state index contributed by atoms with van der Waals surface area (Å²) in [5.41, 5.74) is 7.10. The van der Waals surface area contributed by atoms with Gasteiger partial charge < -0.3 is 15.4 Å². The average molecular weight is 238 g/mol. The van der Waals surface area contributed by atoms with E-state index in [1.807, 2.05) is 6.92 Å². The van der Waals surface area contributed by atoms with Gasteiger partial charge in [-0.25, -0.2) is 4.68 Å². The van der Waals surface area contributed by atoms with Crippen molar-refractivity contribution >= 4 is 5.82 Å². The van der Waals surface area contributed by atoms with E-state index in [0.29, 0.717) is 0 Å². The highest BCUT2D eigenvalue weighted by Gasteiger charge is 2.18. The number of nitrogens with zero attached hydrogens (tertiary/aromatic N) is 3. The Kier molecular flexibility index (Phi) is 4.02. The lowest BCUT2D eigenvalue weighted by atomic mass is 10.2. The Morgan fingerprint density at radius 2 is 2.41 bits per heavy atom. The summed E-state index contributed by atoms with van der Waals surface area (Å²) in [7, 11) is 2.07. The van der Waals surface area contributed by atoms with Crippen LogP contribution in [0.1, 0.15) is 19.0 Å². The van der Waals surface area contributed by atoms with Crippen LogP contribution < -0.4 is 10.6 Å². The molecule has 0 saturated carbocycles. The van der Waals surface area contributed by atoms with Gasteiger partial charge in [-0.05, 0) is 13.3 Å². The van der Waals surface area contributed by atoms with Crippen molar-refractivity contribution in [1.29, 1.82) is 0 Å². The van der Waals surface area contributed by atoms with Crippen LogP contribution in [0.2, 0.25) is 0 Å². The highest BCUT2D eigenvalue weighted by atomic mass is 16.5. The third-order valence-electron chi connectivity index (χ3n) is 3.13. The standard InChI is InChI=1S/C12H22N4O/c1-3-17-7-5-11-8-12-15(2)9-10(13)4-6-16(12)14-11/h8,10H,3-7,9,13H2,1-2H3. The summed E-state index contributed by atoms with van der Waals surface area (Å²) in [6.07, 6.45) is 1.87. The van der Waals surface area contributed by atoms with Gasteiger partial charge in [-0.1, -0.05) is 0 Å². The second-order valence-electron chi connectivity index (χ2n) is 4.59. The minimum Gasteiger partial charge on any atom is -0.381 e. The zero-order chi connectivity index (χ0) is 12.3. The van der Waals surface area contributed by atoms with E-state index in [-0.39, 0.29) is 6.04 Å². The van der Waals surface area contributed by atoms with E-state index in [1.54, 1.807) is 0 Å². The zero-order valence-corrected chi connectivity index (χ0v) is 10.7. The van der Waals surface area contributed by atoms with E-state index in [9.17, 15) is 0 Å². The Labute approximate surface area is 103 Å². The third kappa shape index (κ3) is 2.98. The van der Waals surface area contributed by atoms with Gasteiger partial charge >= 0.3 is 0 Å². The molecule has 2 heterocycles. The van der Waals surface area contributed by atoms with E-state index < -0.39 is 0 Å². The van der Waals surface area contributed by atoms with Crippen molar-refractivity contribution < 1.29 is 4.74 Å². The van der Waals surface area contributed by atoms with Crippen molar-refractivity contribution in [2.45, 2.75) is 32.4 Å². The number of nitrogens with two attached hydrogens (primary N) is 1. The van der Waals surface area contributed by atoms with E-state index in [4.69, 9.17) is 10.5 Å². The number of fused-ring (bicyclic) bond motifs is 1. The third-order valence-corrected chi connectivity index (χ3v) is 3.13. The summed E-state index contributed by atoms with van der Waals surface area (Å²) < 4.78 is 7.42. The summed E-state index contributed by atoms with van der Waals surface area (Å²) in [4.78, 5) is 2.19. The maximum Gasteiger partial charge on any atom is 0.126 e. The van der Waals surface area contributed by atoms with Crippen molar-refractivity contribution in [2.75, 3.05) is 31.7 Å². The second-order valence-corrected chi connectivity index (χ2v) is 4.59. The molecule has 2 N–H and O–H groups in total. The predicted molar refractivity (Wildman–Crippen MR) is 68.3 cm³/mol. The predicted octanol–water partition coefficient (Wildman–Crippen LogP) is 0.629. The molecule has 0 saturated heterocycles. The maximum absolute atomic E-state index is 6.00. The molecule has 96 valence electrons. The molecule has 0 aliphatic carbocycles. The first-order valence-electron chi connectivity index (χ1n) is 6.32. The fourth-order valence-electron chi connectivity index (χ4n) is 2.20. The molecule has 1 unspecified atom stereocenters. The number of hydrogen-bond acceptors (Lipinski definition) is 4. The Morgan fingerprint density at radius 1 is 1.59 bits per heavy atom. The van der Waals surface area contributed by atoms with Crippen molar-refractivity contribution in [3.63, 3.8) is 0 Å². The molecule has 0 fully saturated rings. The van der Waals surface area contributed by atoms with Crippen LogP contribution in [-0.4, -0.2) is 42.6 Å². The minimum absolute atomic E-state index is 0.244. The van der Waals surface area contributed by atoms with E-state index >= 15 is 0 Å². The van der Waals surface area contributed by atoms with E-state index in [0.717, 1.165) is 44.8 Å². The number of aromatic nitrogens is 2. The molecule has 2 rings (SSSR count). The number of likely N-dealkylation sites (N-methyl/N-ethyl adjacent to an activating group) is 1. The van der Waals surface area contributed by atoms with Crippen LogP contribution in [0.25, 0.3) is 0 Å². The molecule has 5 nitrogen and oxygen atoms in total. The van der Waals surface area contributed by atoms with Gasteiger partial charge in [-0.3, -0.25) is 0 Å². The summed E-state index contributed by atoms with van der Waals surface area (Å²) >= 11 is 0. The van der Waals surface area contributed by atoms with Gasteiger partial charge in [0.25, 0.3) is 0 Å². The summed E-state index contributed by atoms with van der Waals surface area (Å²) in [5, 5.41) is 4.61. The normalized spacial score (nSPS) is 20.2. The number of ether oxygens (including phenoxy) is 1. The minimum atomic E-state index is 0.244. The van der Waals surface area contributed by atoms with Crippen molar-refractivity contribution in [2.24, 2.45) is 5.73 Å². The molecule has 1 aromatic rings. The largest absolute Gasteiger partial charge is 0.381 e. The second kappa shape index (κ2) is 5.51. The maximum atomic E-state index is 6.00. The van der Waals surface area contributed by atoms with E-state index in [2.05, 4.69) is 27.8 Å². The van der Waals surface area contributed by atoms with Crippen LogP contribution in [0.3, 0.4) is 0 Å². The molecule has 0 radical (unpaired) electrons. The van der Waals surface area contributed by atoms with Crippen LogP contribution in [0.5, 0.6) is 0 Å². The van der Waals surface area contributed by atoms with Gasteiger partial charge in [0.05, 0.1) is 12.3 Å². The number of rotatable bonds is 4. The van der Waals surface area contributed by atoms with E-state index in [1.165, 1.54) is 5.82 Å². The van der Waals surface area contributed by atoms with Gasteiger partial charge in [0.15, 0.2) is 0 Å². The quantitative estimate of drug-likeness (QED) is 0.782. The monoisotopic (exact) mass is 238 g/mol. The Balaban J connectivity index is 2.05. The van der Waals surface area contributed by atoms with Gasteiger partial charge in [-0.2, -0.15) is 5.10 Å². The van der Waals surface area contributed by atoms with Crippen LogP contribution in [-0.2, 0) is 17.7 Å². The van der Waals surface area contributed by atoms with Gasteiger partial charge in [0.2, 0.25) is 0 Å². The van der Waals surface area contributed by atoms with Gasteiger partial charge in [-0.15, -0.1) is 0 Å². The average Bonchev–Trinajstić information content (AvgIpc) is 2.65. The molecule has 1 atom stereocenters. The topological polar surface area (TPSA) is 56.3 Å². The molecule has 1 aromatic heterocycles. The van der Waals surface area contributed by atoms with Crippen LogP contribution in [0.15, 0.2) is 6.07 Å². The van der Waals surface area contributed by atoms with Crippen LogP contribution >= 0.6 is 0 Å². The number of hydrogen-bond donors (Lipinski definition) is 1. The Bertz CT molecular complexity index is 363. The van der Waals surface area contributed by atoms with Crippen LogP contribution in [0.4, 0.5) is 5.82 Å². The van der Waals surface area contributed by atoms with Crippen LogP contribution in [0, 0.1) is 0 Å². The Morgan fingerprint density at radius 3 is 3.18 bits per heavy atom. The number of anilines is 1. The lowest BCUT2D eigenvalue weighted by Gasteiger charge is -2.18.